The van der Waals surface area contributed by atoms with Crippen LogP contribution < -0.4 is 4.31 Å². The SMILES string of the molecule is COC(=O)CN(c1cc([N+](=O)[O-])ccc1Cl)S(=O)(=O)c1cc(Cl)ccc1Cl. The molecule has 0 N–H and O–H groups in total. The van der Waals surface area contributed by atoms with Crippen LogP contribution in [0.25, 0.3) is 0 Å². The van der Waals surface area contributed by atoms with Gasteiger partial charge in [-0.1, -0.05) is 34.8 Å². The van der Waals surface area contributed by atoms with Gasteiger partial charge in [-0.3, -0.25) is 19.2 Å². The second-order valence-corrected chi connectivity index (χ2v) is 8.14. The summed E-state index contributed by atoms with van der Waals surface area (Å²) in [6.07, 6.45) is 0. The first-order chi connectivity index (χ1) is 12.6. The van der Waals surface area contributed by atoms with E-state index in [2.05, 4.69) is 4.74 Å². The Morgan fingerprint density at radius 2 is 1.78 bits per heavy atom. The van der Waals surface area contributed by atoms with Gasteiger partial charge >= 0.3 is 5.97 Å². The van der Waals surface area contributed by atoms with E-state index in [-0.39, 0.29) is 20.8 Å². The summed E-state index contributed by atoms with van der Waals surface area (Å²) in [5, 5.41) is 10.8. The van der Waals surface area contributed by atoms with E-state index >= 15 is 0 Å². The number of nitro benzene ring substituents is 1. The van der Waals surface area contributed by atoms with Crippen LogP contribution >= 0.6 is 34.8 Å². The van der Waals surface area contributed by atoms with Gasteiger partial charge in [-0.15, -0.1) is 0 Å². The fourth-order valence-electron chi connectivity index (χ4n) is 2.08. The fraction of sp³-hybridized carbons (Fsp3) is 0.133. The van der Waals surface area contributed by atoms with Crippen molar-refractivity contribution in [2.45, 2.75) is 4.90 Å². The lowest BCUT2D eigenvalue weighted by Gasteiger charge is -2.24. The van der Waals surface area contributed by atoms with E-state index in [4.69, 9.17) is 34.8 Å². The lowest BCUT2D eigenvalue weighted by Crippen LogP contribution is -2.36. The van der Waals surface area contributed by atoms with E-state index in [1.165, 1.54) is 12.1 Å². The van der Waals surface area contributed by atoms with Crippen molar-refractivity contribution in [3.63, 3.8) is 0 Å². The zero-order valence-electron chi connectivity index (χ0n) is 13.6. The van der Waals surface area contributed by atoms with Crippen molar-refractivity contribution in [3.05, 3.63) is 61.6 Å². The Hall–Kier alpha value is -2.07. The van der Waals surface area contributed by atoms with Crippen molar-refractivity contribution in [2.75, 3.05) is 18.0 Å². The van der Waals surface area contributed by atoms with Crippen molar-refractivity contribution in [1.82, 2.24) is 0 Å². The molecule has 0 bridgehead atoms. The number of esters is 1. The van der Waals surface area contributed by atoms with E-state index in [1.54, 1.807) is 0 Å². The highest BCUT2D eigenvalue weighted by Gasteiger charge is 2.32. The predicted molar refractivity (Wildman–Crippen MR) is 101 cm³/mol. The zero-order chi connectivity index (χ0) is 20.4. The molecule has 0 atom stereocenters. The first-order valence-corrected chi connectivity index (χ1v) is 9.64. The second kappa shape index (κ2) is 8.30. The molecule has 27 heavy (non-hydrogen) atoms. The summed E-state index contributed by atoms with van der Waals surface area (Å²) in [5.41, 5.74) is -0.705. The Balaban J connectivity index is 2.72. The number of benzene rings is 2. The summed E-state index contributed by atoms with van der Waals surface area (Å²) in [6, 6.07) is 6.92. The maximum atomic E-state index is 13.1. The number of hydrogen-bond acceptors (Lipinski definition) is 6. The topological polar surface area (TPSA) is 107 Å². The minimum absolute atomic E-state index is 0.0844. The molecular weight excluding hydrogens is 443 g/mol. The number of methoxy groups -OCH3 is 1. The molecule has 0 aliphatic rings. The molecule has 0 amide bonds. The van der Waals surface area contributed by atoms with Crippen molar-refractivity contribution in [2.24, 2.45) is 0 Å². The first-order valence-electron chi connectivity index (χ1n) is 7.06. The van der Waals surface area contributed by atoms with Crippen LogP contribution in [0.5, 0.6) is 0 Å². The molecule has 0 heterocycles. The van der Waals surface area contributed by atoms with Gasteiger partial charge in [0.15, 0.2) is 0 Å². The van der Waals surface area contributed by atoms with Gasteiger partial charge in [-0.2, -0.15) is 0 Å². The third kappa shape index (κ3) is 4.62. The van der Waals surface area contributed by atoms with E-state index in [9.17, 15) is 23.3 Å². The van der Waals surface area contributed by atoms with E-state index in [1.807, 2.05) is 0 Å². The molecule has 2 rings (SSSR count). The minimum atomic E-state index is -4.47. The summed E-state index contributed by atoms with van der Waals surface area (Å²) in [7, 11) is -3.40. The lowest BCUT2D eigenvalue weighted by atomic mass is 10.3. The number of sulfonamides is 1. The van der Waals surface area contributed by atoms with Crippen LogP contribution in [0.3, 0.4) is 0 Å². The molecule has 0 unspecified atom stereocenters. The number of carbonyl (C=O) groups excluding carboxylic acids is 1. The number of carbonyl (C=O) groups is 1. The molecule has 2 aromatic rings. The summed E-state index contributed by atoms with van der Waals surface area (Å²) >= 11 is 17.9. The third-order valence-corrected chi connectivity index (χ3v) is 6.17. The Labute approximate surface area is 169 Å². The van der Waals surface area contributed by atoms with E-state index < -0.39 is 38.0 Å². The summed E-state index contributed by atoms with van der Waals surface area (Å²) in [4.78, 5) is 21.7. The number of anilines is 1. The molecule has 0 radical (unpaired) electrons. The van der Waals surface area contributed by atoms with Crippen molar-refractivity contribution in [3.8, 4) is 0 Å². The molecule has 0 aromatic heterocycles. The van der Waals surface area contributed by atoms with Crippen LogP contribution in [-0.2, 0) is 19.6 Å². The van der Waals surface area contributed by atoms with Gasteiger partial charge < -0.3 is 4.74 Å². The normalized spacial score (nSPS) is 11.1. The Morgan fingerprint density at radius 1 is 1.15 bits per heavy atom. The highest BCUT2D eigenvalue weighted by atomic mass is 35.5. The standard InChI is InChI=1S/C15H11Cl3N2O6S/c1-26-15(21)8-19(13-7-10(20(22)23)3-5-11(13)17)27(24,25)14-6-9(16)2-4-12(14)18/h2-7H,8H2,1H3. The van der Waals surface area contributed by atoms with Crippen LogP contribution in [0.4, 0.5) is 11.4 Å². The lowest BCUT2D eigenvalue weighted by molar-refractivity contribution is -0.384. The number of rotatable bonds is 6. The predicted octanol–water partition coefficient (Wildman–Crippen LogP) is 3.92. The van der Waals surface area contributed by atoms with Gasteiger partial charge in [-0.05, 0) is 24.3 Å². The number of ether oxygens (including phenoxy) is 1. The fourth-order valence-corrected chi connectivity index (χ4v) is 4.51. The number of nitrogens with zero attached hydrogens (tertiary/aromatic N) is 2. The second-order valence-electron chi connectivity index (χ2n) is 5.06. The van der Waals surface area contributed by atoms with E-state index in [0.29, 0.717) is 4.31 Å². The molecular formula is C15H11Cl3N2O6S. The van der Waals surface area contributed by atoms with Gasteiger partial charge in [0.1, 0.15) is 11.4 Å². The molecule has 0 saturated heterocycles. The molecule has 0 aliphatic heterocycles. The minimum Gasteiger partial charge on any atom is -0.468 e. The maximum Gasteiger partial charge on any atom is 0.326 e. The molecule has 12 heteroatoms. The monoisotopic (exact) mass is 452 g/mol. The highest BCUT2D eigenvalue weighted by molar-refractivity contribution is 7.93. The Morgan fingerprint density at radius 3 is 2.37 bits per heavy atom. The van der Waals surface area contributed by atoms with Gasteiger partial charge in [0.2, 0.25) is 0 Å². The molecule has 0 fully saturated rings. The molecule has 2 aromatic carbocycles. The average Bonchev–Trinajstić information content (AvgIpc) is 2.61. The molecule has 144 valence electrons. The van der Waals surface area contributed by atoms with Crippen LogP contribution in [0.1, 0.15) is 0 Å². The van der Waals surface area contributed by atoms with Gasteiger partial charge in [0.05, 0.1) is 27.8 Å². The largest absolute Gasteiger partial charge is 0.468 e. The number of halogens is 3. The Kier molecular flexibility index (Phi) is 6.53. The van der Waals surface area contributed by atoms with Crippen LogP contribution in [0.2, 0.25) is 15.1 Å². The molecule has 0 saturated carbocycles. The average molecular weight is 454 g/mol. The molecule has 0 aliphatic carbocycles. The highest BCUT2D eigenvalue weighted by Crippen LogP contribution is 2.36. The van der Waals surface area contributed by atoms with Gasteiger partial charge in [-0.25, -0.2) is 8.42 Å². The van der Waals surface area contributed by atoms with Gasteiger partial charge in [0.25, 0.3) is 15.7 Å². The van der Waals surface area contributed by atoms with Crippen LogP contribution in [-0.4, -0.2) is 33.0 Å². The first kappa shape index (κ1) is 21.2. The molecule has 0 spiro atoms. The van der Waals surface area contributed by atoms with Gasteiger partial charge in [0, 0.05) is 17.2 Å². The number of hydrogen-bond donors (Lipinski definition) is 0. The summed E-state index contributed by atoms with van der Waals surface area (Å²) in [6.45, 7) is -0.789. The molecule has 8 nitrogen and oxygen atoms in total. The smallest absolute Gasteiger partial charge is 0.326 e. The number of non-ortho nitro benzene ring substituents is 1. The van der Waals surface area contributed by atoms with Crippen LogP contribution in [0.15, 0.2) is 41.3 Å². The maximum absolute atomic E-state index is 13.1. The quantitative estimate of drug-likeness (QED) is 0.373. The summed E-state index contributed by atoms with van der Waals surface area (Å²) in [5.74, 6) is -0.917. The van der Waals surface area contributed by atoms with Crippen molar-refractivity contribution < 1.29 is 22.9 Å². The van der Waals surface area contributed by atoms with Crippen LogP contribution in [0, 0.1) is 10.1 Å². The zero-order valence-corrected chi connectivity index (χ0v) is 16.6. The summed E-state index contributed by atoms with van der Waals surface area (Å²) < 4.78 is 31.4. The van der Waals surface area contributed by atoms with Crippen molar-refractivity contribution >= 4 is 62.2 Å². The number of nitro groups is 1. The third-order valence-electron chi connectivity index (χ3n) is 3.37. The van der Waals surface area contributed by atoms with E-state index in [0.717, 1.165) is 31.4 Å². The Bertz CT molecular complexity index is 1010. The van der Waals surface area contributed by atoms with Crippen molar-refractivity contribution in [1.29, 1.82) is 0 Å².